The molecule has 6 nitrogen and oxygen atoms in total. The Morgan fingerprint density at radius 2 is 1.68 bits per heavy atom. The van der Waals surface area contributed by atoms with Crippen LogP contribution in [-0.4, -0.2) is 26.6 Å². The van der Waals surface area contributed by atoms with E-state index in [1.165, 1.54) is 4.31 Å². The molecule has 0 fully saturated rings. The molecule has 1 N–H and O–H groups in total. The van der Waals surface area contributed by atoms with E-state index in [9.17, 15) is 13.2 Å². The van der Waals surface area contributed by atoms with E-state index in [2.05, 4.69) is 5.32 Å². The van der Waals surface area contributed by atoms with Gasteiger partial charge < -0.3 is 10.1 Å². The number of rotatable bonds is 8. The maximum absolute atomic E-state index is 13.2. The monoisotopic (exact) mass is 438 g/mol. The molecule has 0 heterocycles. The van der Waals surface area contributed by atoms with Crippen molar-refractivity contribution in [2.45, 2.75) is 26.3 Å². The number of nitrogens with zero attached hydrogens (tertiary/aromatic N) is 1. The van der Waals surface area contributed by atoms with E-state index in [1.807, 2.05) is 43.3 Å². The molecule has 3 rings (SSSR count). The van der Waals surface area contributed by atoms with Crippen LogP contribution in [0.2, 0.25) is 0 Å². The number of carbonyl (C=O) groups is 1. The molecule has 0 bridgehead atoms. The number of aryl methyl sites for hydroxylation is 1. The zero-order valence-corrected chi connectivity index (χ0v) is 18.6. The van der Waals surface area contributed by atoms with E-state index < -0.39 is 22.0 Å². The quantitative estimate of drug-likeness (QED) is 0.539. The number of hydrogen-bond acceptors (Lipinski definition) is 4. The van der Waals surface area contributed by atoms with Gasteiger partial charge in [0, 0.05) is 0 Å². The third-order valence-electron chi connectivity index (χ3n) is 4.70. The molecule has 31 heavy (non-hydrogen) atoms. The molecular formula is C24H26N2O4S. The Hall–Kier alpha value is -3.32. The molecule has 162 valence electrons. The number of sulfonamides is 1. The van der Waals surface area contributed by atoms with Crippen LogP contribution < -0.4 is 14.4 Å². The van der Waals surface area contributed by atoms with Crippen molar-refractivity contribution < 1.29 is 17.9 Å². The van der Waals surface area contributed by atoms with Gasteiger partial charge >= 0.3 is 0 Å². The van der Waals surface area contributed by atoms with Gasteiger partial charge in [0.2, 0.25) is 15.9 Å². The highest BCUT2D eigenvalue weighted by molar-refractivity contribution is 7.92. The van der Waals surface area contributed by atoms with Crippen molar-refractivity contribution >= 4 is 27.3 Å². The number of para-hydroxylation sites is 3. The summed E-state index contributed by atoms with van der Waals surface area (Å²) in [6.45, 7) is 3.66. The average molecular weight is 439 g/mol. The summed E-state index contributed by atoms with van der Waals surface area (Å²) in [5, 5.41) is 2.85. The summed E-state index contributed by atoms with van der Waals surface area (Å²) < 4.78 is 32.3. The lowest BCUT2D eigenvalue weighted by molar-refractivity contribution is -0.117. The van der Waals surface area contributed by atoms with Crippen LogP contribution in [0.3, 0.4) is 0 Å². The first-order valence-electron chi connectivity index (χ1n) is 9.98. The van der Waals surface area contributed by atoms with Crippen molar-refractivity contribution in [2.24, 2.45) is 0 Å². The number of carbonyl (C=O) groups excluding carboxylic acids is 1. The minimum Gasteiger partial charge on any atom is -0.455 e. The fraction of sp³-hybridized carbons (Fsp3) is 0.208. The smallest absolute Gasteiger partial charge is 0.248 e. The number of benzene rings is 3. The molecule has 0 aliphatic rings. The highest BCUT2D eigenvalue weighted by atomic mass is 32.2. The first kappa shape index (κ1) is 22.4. The van der Waals surface area contributed by atoms with Gasteiger partial charge in [-0.1, -0.05) is 49.4 Å². The largest absolute Gasteiger partial charge is 0.455 e. The zero-order chi connectivity index (χ0) is 22.4. The first-order valence-corrected chi connectivity index (χ1v) is 11.8. The molecule has 3 aromatic carbocycles. The summed E-state index contributed by atoms with van der Waals surface area (Å²) in [4.78, 5) is 13.2. The van der Waals surface area contributed by atoms with Crippen LogP contribution in [0.1, 0.15) is 18.9 Å². The molecule has 3 aromatic rings. The summed E-state index contributed by atoms with van der Waals surface area (Å²) in [5.41, 5.74) is 1.83. The third kappa shape index (κ3) is 5.64. The third-order valence-corrected chi connectivity index (χ3v) is 5.88. The van der Waals surface area contributed by atoms with Gasteiger partial charge in [0.25, 0.3) is 0 Å². The van der Waals surface area contributed by atoms with Gasteiger partial charge in [0.15, 0.2) is 5.75 Å². The SMILES string of the molecule is CC[C@@H](C(=O)Nc1ccccc1Oc1ccccc1)N(c1cccc(C)c1)S(C)(=O)=O. The number of ether oxygens (including phenoxy) is 1. The van der Waals surface area contributed by atoms with Gasteiger partial charge in [-0.25, -0.2) is 8.42 Å². The predicted octanol–water partition coefficient (Wildman–Crippen LogP) is 4.97. The summed E-state index contributed by atoms with van der Waals surface area (Å²) in [7, 11) is -3.70. The van der Waals surface area contributed by atoms with E-state index in [4.69, 9.17) is 4.74 Å². The normalized spacial score (nSPS) is 12.1. The summed E-state index contributed by atoms with van der Waals surface area (Å²) >= 11 is 0. The Morgan fingerprint density at radius 1 is 1.00 bits per heavy atom. The molecule has 1 atom stereocenters. The van der Waals surface area contributed by atoms with E-state index in [0.717, 1.165) is 11.8 Å². The van der Waals surface area contributed by atoms with Crippen molar-refractivity contribution in [2.75, 3.05) is 15.9 Å². The molecule has 0 aromatic heterocycles. The van der Waals surface area contributed by atoms with Gasteiger partial charge in [0.1, 0.15) is 11.8 Å². The maximum Gasteiger partial charge on any atom is 0.248 e. The number of hydrogen-bond donors (Lipinski definition) is 1. The standard InChI is InChI=1S/C24H26N2O4S/c1-4-22(26(31(3,28)29)19-12-10-11-18(2)17-19)24(27)25-21-15-8-9-16-23(21)30-20-13-6-5-7-14-20/h5-17,22H,4H2,1-3H3,(H,25,27)/t22-/m0/s1. The van der Waals surface area contributed by atoms with Crippen molar-refractivity contribution in [3.05, 3.63) is 84.4 Å². The molecule has 0 aliphatic heterocycles. The van der Waals surface area contributed by atoms with Crippen LogP contribution in [0.15, 0.2) is 78.9 Å². The number of nitrogens with one attached hydrogen (secondary N) is 1. The topological polar surface area (TPSA) is 75.7 Å². The first-order chi connectivity index (χ1) is 14.8. The molecular weight excluding hydrogens is 412 g/mol. The zero-order valence-electron chi connectivity index (χ0n) is 17.8. The summed E-state index contributed by atoms with van der Waals surface area (Å²) in [6.07, 6.45) is 1.41. The lowest BCUT2D eigenvalue weighted by Gasteiger charge is -2.30. The number of anilines is 2. The van der Waals surface area contributed by atoms with Gasteiger partial charge in [-0.05, 0) is 55.3 Å². The Bertz CT molecular complexity index is 1150. The minimum absolute atomic E-state index is 0.300. The molecule has 0 spiro atoms. The molecule has 7 heteroatoms. The van der Waals surface area contributed by atoms with E-state index >= 15 is 0 Å². The van der Waals surface area contributed by atoms with Crippen molar-refractivity contribution in [1.82, 2.24) is 0 Å². The van der Waals surface area contributed by atoms with Gasteiger partial charge in [-0.3, -0.25) is 9.10 Å². The van der Waals surface area contributed by atoms with Crippen LogP contribution in [0.4, 0.5) is 11.4 Å². The van der Waals surface area contributed by atoms with E-state index in [0.29, 0.717) is 29.3 Å². The van der Waals surface area contributed by atoms with Crippen LogP contribution in [0.5, 0.6) is 11.5 Å². The highest BCUT2D eigenvalue weighted by Gasteiger charge is 2.32. The van der Waals surface area contributed by atoms with Crippen LogP contribution in [-0.2, 0) is 14.8 Å². The molecule has 0 saturated heterocycles. The Kier molecular flexibility index (Phi) is 6.97. The van der Waals surface area contributed by atoms with Gasteiger partial charge in [0.05, 0.1) is 17.6 Å². The average Bonchev–Trinajstić information content (AvgIpc) is 2.73. The molecule has 0 aliphatic carbocycles. The summed E-state index contributed by atoms with van der Waals surface area (Å²) in [6, 6.07) is 22.5. The predicted molar refractivity (Wildman–Crippen MR) is 124 cm³/mol. The Balaban J connectivity index is 1.90. The molecule has 0 radical (unpaired) electrons. The second-order valence-corrected chi connectivity index (χ2v) is 9.08. The van der Waals surface area contributed by atoms with Crippen LogP contribution >= 0.6 is 0 Å². The lowest BCUT2D eigenvalue weighted by Crippen LogP contribution is -2.47. The molecule has 1 amide bonds. The summed E-state index contributed by atoms with van der Waals surface area (Å²) in [5.74, 6) is 0.672. The highest BCUT2D eigenvalue weighted by Crippen LogP contribution is 2.30. The fourth-order valence-electron chi connectivity index (χ4n) is 3.32. The van der Waals surface area contributed by atoms with Crippen LogP contribution in [0.25, 0.3) is 0 Å². The maximum atomic E-state index is 13.2. The van der Waals surface area contributed by atoms with E-state index in [1.54, 1.807) is 49.4 Å². The minimum atomic E-state index is -3.70. The van der Waals surface area contributed by atoms with Crippen LogP contribution in [0, 0.1) is 6.92 Å². The fourth-order valence-corrected chi connectivity index (χ4v) is 4.52. The number of amides is 1. The van der Waals surface area contributed by atoms with Gasteiger partial charge in [-0.15, -0.1) is 0 Å². The second kappa shape index (κ2) is 9.66. The molecule has 0 unspecified atom stereocenters. The van der Waals surface area contributed by atoms with Crippen molar-refractivity contribution in [3.63, 3.8) is 0 Å². The Labute approximate surface area is 183 Å². The van der Waals surface area contributed by atoms with Crippen molar-refractivity contribution in [1.29, 1.82) is 0 Å². The van der Waals surface area contributed by atoms with Crippen molar-refractivity contribution in [3.8, 4) is 11.5 Å². The van der Waals surface area contributed by atoms with Gasteiger partial charge in [-0.2, -0.15) is 0 Å². The molecule has 0 saturated carbocycles. The van der Waals surface area contributed by atoms with E-state index in [-0.39, 0.29) is 0 Å². The second-order valence-electron chi connectivity index (χ2n) is 7.22. The Morgan fingerprint density at radius 3 is 2.32 bits per heavy atom. The lowest BCUT2D eigenvalue weighted by atomic mass is 10.1.